The second kappa shape index (κ2) is 10.2. The molecule has 8 heteroatoms. The summed E-state index contributed by atoms with van der Waals surface area (Å²) in [6, 6.07) is 17.7. The summed E-state index contributed by atoms with van der Waals surface area (Å²) in [5.41, 5.74) is 1.80. The first-order chi connectivity index (χ1) is 14.7. The normalized spacial score (nSPS) is 14.6. The summed E-state index contributed by atoms with van der Waals surface area (Å²) in [7, 11) is 0. The van der Waals surface area contributed by atoms with Crippen LogP contribution in [0.3, 0.4) is 0 Å². The van der Waals surface area contributed by atoms with E-state index in [4.69, 9.17) is 0 Å². The Hall–Kier alpha value is -2.16. The van der Waals surface area contributed by atoms with Crippen molar-refractivity contribution in [1.29, 1.82) is 0 Å². The molecule has 1 fully saturated rings. The number of para-hydroxylation sites is 1. The molecule has 0 bridgehead atoms. The minimum Gasteiger partial charge on any atom is -0.325 e. The van der Waals surface area contributed by atoms with Gasteiger partial charge in [-0.05, 0) is 62.3 Å². The number of thioether (sulfide) groups is 1. The molecule has 156 valence electrons. The van der Waals surface area contributed by atoms with Gasteiger partial charge in [0.2, 0.25) is 5.91 Å². The van der Waals surface area contributed by atoms with E-state index >= 15 is 0 Å². The van der Waals surface area contributed by atoms with Crippen molar-refractivity contribution in [2.24, 2.45) is 0 Å². The van der Waals surface area contributed by atoms with Crippen molar-refractivity contribution < 1.29 is 4.79 Å². The number of carbonyl (C=O) groups is 1. The van der Waals surface area contributed by atoms with Gasteiger partial charge in [-0.15, -0.1) is 10.2 Å². The molecule has 30 heavy (non-hydrogen) atoms. The van der Waals surface area contributed by atoms with E-state index in [1.807, 2.05) is 42.5 Å². The fourth-order valence-electron chi connectivity index (χ4n) is 3.51. The quantitative estimate of drug-likeness (QED) is 0.489. The Morgan fingerprint density at radius 2 is 1.73 bits per heavy atom. The number of amides is 1. The maximum atomic E-state index is 12.4. The molecule has 4 rings (SSSR count). The predicted octanol–water partition coefficient (Wildman–Crippen LogP) is 4.75. The number of hydrogen-bond donors (Lipinski definition) is 1. The Morgan fingerprint density at radius 3 is 2.47 bits per heavy atom. The summed E-state index contributed by atoms with van der Waals surface area (Å²) in [5, 5.41) is 12.5. The second-order valence-corrected chi connectivity index (χ2v) is 9.11. The van der Waals surface area contributed by atoms with Gasteiger partial charge >= 0.3 is 0 Å². The number of anilines is 1. The number of hydrogen-bond acceptors (Lipinski definition) is 5. The number of likely N-dealkylation sites (tertiary alicyclic amines) is 1. The molecule has 0 saturated carbocycles. The van der Waals surface area contributed by atoms with E-state index in [1.54, 1.807) is 0 Å². The Labute approximate surface area is 189 Å². The van der Waals surface area contributed by atoms with Crippen LogP contribution >= 0.6 is 27.7 Å². The Balaban J connectivity index is 1.47. The number of rotatable bonds is 7. The molecule has 2 heterocycles. The highest BCUT2D eigenvalue weighted by molar-refractivity contribution is 9.10. The highest BCUT2D eigenvalue weighted by Crippen LogP contribution is 2.24. The van der Waals surface area contributed by atoms with E-state index in [0.717, 1.165) is 46.5 Å². The predicted molar refractivity (Wildman–Crippen MR) is 124 cm³/mol. The average molecular weight is 486 g/mol. The SMILES string of the molecule is O=C(CSc1nnc(CN2CCCCC2)n1-c1ccccc1)Nc1ccc(Br)cc1. The minimum absolute atomic E-state index is 0.0671. The van der Waals surface area contributed by atoms with E-state index in [-0.39, 0.29) is 11.7 Å². The van der Waals surface area contributed by atoms with E-state index in [1.165, 1.54) is 31.0 Å². The maximum absolute atomic E-state index is 12.4. The lowest BCUT2D eigenvalue weighted by Crippen LogP contribution is -2.30. The van der Waals surface area contributed by atoms with Crippen molar-refractivity contribution in [3.8, 4) is 5.69 Å². The summed E-state index contributed by atoms with van der Waals surface area (Å²) >= 11 is 4.81. The first kappa shape index (κ1) is 21.1. The van der Waals surface area contributed by atoms with Crippen LogP contribution in [0.25, 0.3) is 5.69 Å². The Morgan fingerprint density at radius 1 is 1.00 bits per heavy atom. The standard InChI is InChI=1S/C22H24BrN5OS/c23-17-9-11-18(12-10-17)24-21(29)16-30-22-26-25-20(15-27-13-5-2-6-14-27)28(22)19-7-3-1-4-8-19/h1,3-4,7-12H,2,5-6,13-16H2,(H,24,29). The van der Waals surface area contributed by atoms with Crippen LogP contribution < -0.4 is 5.32 Å². The molecule has 0 spiro atoms. The van der Waals surface area contributed by atoms with Gasteiger partial charge < -0.3 is 5.32 Å². The van der Waals surface area contributed by atoms with Crippen molar-refractivity contribution in [1.82, 2.24) is 19.7 Å². The van der Waals surface area contributed by atoms with Gasteiger partial charge in [0, 0.05) is 15.8 Å². The first-order valence-electron chi connectivity index (χ1n) is 10.1. The fraction of sp³-hybridized carbons (Fsp3) is 0.318. The van der Waals surface area contributed by atoms with Crippen LogP contribution in [-0.4, -0.2) is 44.4 Å². The van der Waals surface area contributed by atoms with E-state index in [0.29, 0.717) is 0 Å². The number of nitrogens with zero attached hydrogens (tertiary/aromatic N) is 4. The molecule has 0 aliphatic carbocycles. The molecule has 1 aromatic heterocycles. The van der Waals surface area contributed by atoms with Crippen LogP contribution in [0.5, 0.6) is 0 Å². The highest BCUT2D eigenvalue weighted by Gasteiger charge is 2.19. The third-order valence-electron chi connectivity index (χ3n) is 4.99. The summed E-state index contributed by atoms with van der Waals surface area (Å²) in [4.78, 5) is 14.9. The summed E-state index contributed by atoms with van der Waals surface area (Å²) < 4.78 is 3.05. The molecule has 0 unspecified atom stereocenters. The number of piperidine rings is 1. The van der Waals surface area contributed by atoms with Crippen LogP contribution in [-0.2, 0) is 11.3 Å². The van der Waals surface area contributed by atoms with E-state index in [2.05, 4.69) is 53.0 Å². The number of nitrogens with one attached hydrogen (secondary N) is 1. The minimum atomic E-state index is -0.0671. The molecule has 6 nitrogen and oxygen atoms in total. The van der Waals surface area contributed by atoms with Crippen LogP contribution in [0.1, 0.15) is 25.1 Å². The molecule has 1 saturated heterocycles. The lowest BCUT2D eigenvalue weighted by atomic mass is 10.1. The van der Waals surface area contributed by atoms with Gasteiger partial charge in [-0.1, -0.05) is 52.3 Å². The van der Waals surface area contributed by atoms with Crippen LogP contribution in [0.15, 0.2) is 64.2 Å². The Kier molecular flexibility index (Phi) is 7.20. The molecule has 1 aliphatic rings. The average Bonchev–Trinajstić information content (AvgIpc) is 3.17. The summed E-state index contributed by atoms with van der Waals surface area (Å²) in [6.45, 7) is 2.97. The van der Waals surface area contributed by atoms with Crippen LogP contribution in [0.4, 0.5) is 5.69 Å². The third-order valence-corrected chi connectivity index (χ3v) is 6.45. The molecule has 3 aromatic rings. The third kappa shape index (κ3) is 5.50. The highest BCUT2D eigenvalue weighted by atomic mass is 79.9. The zero-order valence-electron chi connectivity index (χ0n) is 16.6. The molecule has 1 aliphatic heterocycles. The Bertz CT molecular complexity index is 971. The van der Waals surface area contributed by atoms with Crippen LogP contribution in [0.2, 0.25) is 0 Å². The maximum Gasteiger partial charge on any atom is 0.234 e. The number of carbonyl (C=O) groups excluding carboxylic acids is 1. The van der Waals surface area contributed by atoms with Gasteiger partial charge in [0.1, 0.15) is 0 Å². The number of halogens is 1. The molecule has 1 amide bonds. The second-order valence-electron chi connectivity index (χ2n) is 7.25. The first-order valence-corrected chi connectivity index (χ1v) is 11.9. The summed E-state index contributed by atoms with van der Waals surface area (Å²) in [6.07, 6.45) is 3.77. The van der Waals surface area contributed by atoms with Gasteiger partial charge in [-0.3, -0.25) is 14.3 Å². The van der Waals surface area contributed by atoms with Gasteiger partial charge in [0.05, 0.1) is 12.3 Å². The van der Waals surface area contributed by atoms with E-state index < -0.39 is 0 Å². The smallest absolute Gasteiger partial charge is 0.234 e. The fourth-order valence-corrected chi connectivity index (χ4v) is 4.55. The van der Waals surface area contributed by atoms with E-state index in [9.17, 15) is 4.79 Å². The van der Waals surface area contributed by atoms with Crippen molar-refractivity contribution >= 4 is 39.3 Å². The zero-order chi connectivity index (χ0) is 20.8. The lowest BCUT2D eigenvalue weighted by Gasteiger charge is -2.26. The van der Waals surface area contributed by atoms with Crippen LogP contribution in [0, 0.1) is 0 Å². The van der Waals surface area contributed by atoms with Crippen molar-refractivity contribution in [3.63, 3.8) is 0 Å². The molecule has 2 aromatic carbocycles. The van der Waals surface area contributed by atoms with Gasteiger partial charge in [0.15, 0.2) is 11.0 Å². The largest absolute Gasteiger partial charge is 0.325 e. The topological polar surface area (TPSA) is 63.1 Å². The summed E-state index contributed by atoms with van der Waals surface area (Å²) in [5.74, 6) is 1.12. The molecule has 0 radical (unpaired) electrons. The number of aromatic nitrogens is 3. The zero-order valence-corrected chi connectivity index (χ0v) is 19.0. The molecular weight excluding hydrogens is 462 g/mol. The van der Waals surface area contributed by atoms with Crippen molar-refractivity contribution in [2.45, 2.75) is 31.0 Å². The molecule has 1 N–H and O–H groups in total. The van der Waals surface area contributed by atoms with Gasteiger partial charge in [-0.2, -0.15) is 0 Å². The van der Waals surface area contributed by atoms with Crippen molar-refractivity contribution in [2.75, 3.05) is 24.2 Å². The van der Waals surface area contributed by atoms with Gasteiger partial charge in [0.25, 0.3) is 0 Å². The van der Waals surface area contributed by atoms with Gasteiger partial charge in [-0.25, -0.2) is 0 Å². The molecular formula is C22H24BrN5OS. The number of benzene rings is 2. The monoisotopic (exact) mass is 485 g/mol. The molecule has 0 atom stereocenters. The lowest BCUT2D eigenvalue weighted by molar-refractivity contribution is -0.113. The van der Waals surface area contributed by atoms with Crippen molar-refractivity contribution in [3.05, 3.63) is 64.9 Å².